The molecule has 6 heteroatoms. The zero-order chi connectivity index (χ0) is 23.2. The Morgan fingerprint density at radius 2 is 1.09 bits per heavy atom. The number of hydrogen-bond acceptors (Lipinski definition) is 6. The largest absolute Gasteiger partial charge is 0.395 e. The van der Waals surface area contributed by atoms with Crippen LogP contribution < -0.4 is 0 Å². The summed E-state index contributed by atoms with van der Waals surface area (Å²) in [5, 5.41) is 15.4. The van der Waals surface area contributed by atoms with E-state index in [1.54, 1.807) is 0 Å². The van der Waals surface area contributed by atoms with Crippen molar-refractivity contribution in [3.8, 4) is 0 Å². The molecule has 3 aromatic rings. The number of rotatable bonds is 9. The van der Waals surface area contributed by atoms with Gasteiger partial charge in [0.05, 0.1) is 37.6 Å². The van der Waals surface area contributed by atoms with Gasteiger partial charge < -0.3 is 24.2 Å². The number of fused-ring (bicyclic) bond motifs is 1. The Kier molecular flexibility index (Phi) is 7.31. The SMILES string of the molecule is O[C@H]1C2=NOC[C@@H]2[C@@H](OCc2ccccc2)[C@H](OCc2ccccc2)[C@H]1OCc1ccccc1. The van der Waals surface area contributed by atoms with Crippen LogP contribution in [0.4, 0.5) is 0 Å². The zero-order valence-corrected chi connectivity index (χ0v) is 18.9. The predicted octanol–water partition coefficient (Wildman–Crippen LogP) is 4.12. The van der Waals surface area contributed by atoms with Gasteiger partial charge in [-0.25, -0.2) is 0 Å². The Bertz CT molecular complexity index is 1060. The van der Waals surface area contributed by atoms with Crippen LogP contribution in [0.5, 0.6) is 0 Å². The molecule has 2 aliphatic rings. The van der Waals surface area contributed by atoms with Gasteiger partial charge in [0.25, 0.3) is 0 Å². The molecule has 0 aromatic heterocycles. The predicted molar refractivity (Wildman–Crippen MR) is 128 cm³/mol. The third kappa shape index (κ3) is 5.21. The molecule has 0 saturated heterocycles. The Morgan fingerprint density at radius 1 is 0.647 bits per heavy atom. The lowest BCUT2D eigenvalue weighted by atomic mass is 9.79. The topological polar surface area (TPSA) is 69.5 Å². The van der Waals surface area contributed by atoms with Crippen molar-refractivity contribution in [2.24, 2.45) is 11.1 Å². The fraction of sp³-hybridized carbons (Fsp3) is 0.321. The molecule has 1 heterocycles. The van der Waals surface area contributed by atoms with Crippen molar-refractivity contribution < 1.29 is 24.2 Å². The quantitative estimate of drug-likeness (QED) is 0.521. The van der Waals surface area contributed by atoms with E-state index in [9.17, 15) is 5.11 Å². The molecule has 5 rings (SSSR count). The number of nitrogens with zero attached hydrogens (tertiary/aromatic N) is 1. The summed E-state index contributed by atoms with van der Waals surface area (Å²) in [7, 11) is 0. The molecule has 0 radical (unpaired) electrons. The molecule has 176 valence electrons. The van der Waals surface area contributed by atoms with Crippen molar-refractivity contribution in [3.63, 3.8) is 0 Å². The van der Waals surface area contributed by atoms with Gasteiger partial charge in [0.15, 0.2) is 0 Å². The van der Waals surface area contributed by atoms with E-state index < -0.39 is 18.3 Å². The van der Waals surface area contributed by atoms with E-state index in [2.05, 4.69) is 5.16 Å². The maximum Gasteiger partial charge on any atom is 0.128 e. The van der Waals surface area contributed by atoms with E-state index >= 15 is 0 Å². The lowest BCUT2D eigenvalue weighted by Gasteiger charge is -2.43. The molecule has 0 spiro atoms. The van der Waals surface area contributed by atoms with Crippen molar-refractivity contribution in [1.82, 2.24) is 0 Å². The Balaban J connectivity index is 1.39. The van der Waals surface area contributed by atoms with Crippen molar-refractivity contribution in [1.29, 1.82) is 0 Å². The molecular formula is C28H29NO5. The van der Waals surface area contributed by atoms with E-state index in [-0.39, 0.29) is 12.0 Å². The summed E-state index contributed by atoms with van der Waals surface area (Å²) in [6, 6.07) is 29.9. The van der Waals surface area contributed by atoms with E-state index in [4.69, 9.17) is 19.0 Å². The first-order chi connectivity index (χ1) is 16.8. The summed E-state index contributed by atoms with van der Waals surface area (Å²) in [6.45, 7) is 1.50. The molecule has 1 aliphatic heterocycles. The summed E-state index contributed by atoms with van der Waals surface area (Å²) < 4.78 is 19.1. The summed E-state index contributed by atoms with van der Waals surface area (Å²) in [5.41, 5.74) is 3.69. The van der Waals surface area contributed by atoms with Gasteiger partial charge in [0.1, 0.15) is 24.9 Å². The summed E-state index contributed by atoms with van der Waals surface area (Å²) >= 11 is 0. The van der Waals surface area contributed by atoms with Crippen molar-refractivity contribution in [2.75, 3.05) is 6.61 Å². The minimum absolute atomic E-state index is 0.198. The molecular weight excluding hydrogens is 430 g/mol. The average Bonchev–Trinajstić information content (AvgIpc) is 3.39. The second-order valence-electron chi connectivity index (χ2n) is 8.65. The number of ether oxygens (including phenoxy) is 3. The summed E-state index contributed by atoms with van der Waals surface area (Å²) in [5.74, 6) is -0.198. The average molecular weight is 460 g/mol. The highest BCUT2D eigenvalue weighted by molar-refractivity contribution is 5.93. The first-order valence-corrected chi connectivity index (χ1v) is 11.6. The molecule has 3 aromatic carbocycles. The van der Waals surface area contributed by atoms with E-state index in [1.165, 1.54) is 0 Å². The van der Waals surface area contributed by atoms with Gasteiger partial charge in [-0.2, -0.15) is 0 Å². The van der Waals surface area contributed by atoms with Crippen LogP contribution in [0.2, 0.25) is 0 Å². The third-order valence-corrected chi connectivity index (χ3v) is 6.32. The molecule has 5 atom stereocenters. The van der Waals surface area contributed by atoms with Crippen molar-refractivity contribution in [2.45, 2.75) is 44.2 Å². The highest BCUT2D eigenvalue weighted by atomic mass is 16.6. The highest BCUT2D eigenvalue weighted by Crippen LogP contribution is 2.35. The van der Waals surface area contributed by atoms with Gasteiger partial charge in [-0.1, -0.05) is 96.2 Å². The van der Waals surface area contributed by atoms with E-state index in [1.807, 2.05) is 91.0 Å². The molecule has 1 saturated carbocycles. The number of oxime groups is 1. The van der Waals surface area contributed by atoms with Crippen molar-refractivity contribution >= 4 is 5.71 Å². The number of hydrogen-bond donors (Lipinski definition) is 1. The minimum Gasteiger partial charge on any atom is -0.395 e. The number of aliphatic hydroxyl groups excluding tert-OH is 1. The van der Waals surface area contributed by atoms with Crippen molar-refractivity contribution in [3.05, 3.63) is 108 Å². The van der Waals surface area contributed by atoms with Gasteiger partial charge in [-0.15, -0.1) is 0 Å². The van der Waals surface area contributed by atoms with Crippen LogP contribution in [0, 0.1) is 5.92 Å². The highest BCUT2D eigenvalue weighted by Gasteiger charge is 2.53. The maximum atomic E-state index is 11.2. The molecule has 1 fully saturated rings. The zero-order valence-electron chi connectivity index (χ0n) is 18.9. The normalized spacial score (nSPS) is 25.9. The molecule has 0 unspecified atom stereocenters. The first-order valence-electron chi connectivity index (χ1n) is 11.6. The number of benzene rings is 3. The monoisotopic (exact) mass is 459 g/mol. The molecule has 34 heavy (non-hydrogen) atoms. The second-order valence-corrected chi connectivity index (χ2v) is 8.65. The third-order valence-electron chi connectivity index (χ3n) is 6.32. The maximum absolute atomic E-state index is 11.2. The fourth-order valence-corrected chi connectivity index (χ4v) is 4.53. The van der Waals surface area contributed by atoms with Gasteiger partial charge >= 0.3 is 0 Å². The van der Waals surface area contributed by atoms with Crippen LogP contribution >= 0.6 is 0 Å². The van der Waals surface area contributed by atoms with Crippen LogP contribution in [-0.2, 0) is 38.9 Å². The van der Waals surface area contributed by atoms with Gasteiger partial charge in [-0.05, 0) is 16.7 Å². The second kappa shape index (κ2) is 10.9. The van der Waals surface area contributed by atoms with E-state index in [0.29, 0.717) is 32.1 Å². The Labute approximate surface area is 199 Å². The lowest BCUT2D eigenvalue weighted by Crippen LogP contribution is -2.61. The number of aliphatic hydroxyl groups is 1. The Hall–Kier alpha value is -3.03. The standard InChI is InChI=1S/C28H29NO5/c30-25-24-23(19-34-29-24)26(31-16-20-10-4-1-5-11-20)28(33-18-22-14-8-3-9-15-22)27(25)32-17-21-12-6-2-7-13-21/h1-15,23,25-28,30H,16-19H2/t23-,25-,26+,27-,28-/m0/s1. The van der Waals surface area contributed by atoms with Crippen LogP contribution in [0.3, 0.4) is 0 Å². The van der Waals surface area contributed by atoms with Crippen LogP contribution in [-0.4, -0.2) is 41.8 Å². The molecule has 6 nitrogen and oxygen atoms in total. The lowest BCUT2D eigenvalue weighted by molar-refractivity contribution is -0.189. The smallest absolute Gasteiger partial charge is 0.128 e. The van der Waals surface area contributed by atoms with Gasteiger partial charge in [0.2, 0.25) is 0 Å². The molecule has 1 N–H and O–H groups in total. The molecule has 0 bridgehead atoms. The van der Waals surface area contributed by atoms with Gasteiger partial charge in [0, 0.05) is 0 Å². The summed E-state index contributed by atoms with van der Waals surface area (Å²) in [6.07, 6.45) is -2.47. The Morgan fingerprint density at radius 3 is 1.59 bits per heavy atom. The van der Waals surface area contributed by atoms with Crippen LogP contribution in [0.1, 0.15) is 16.7 Å². The molecule has 0 amide bonds. The minimum atomic E-state index is -0.937. The van der Waals surface area contributed by atoms with Crippen LogP contribution in [0.15, 0.2) is 96.2 Å². The summed E-state index contributed by atoms with van der Waals surface area (Å²) in [4.78, 5) is 5.40. The molecule has 1 aliphatic carbocycles. The van der Waals surface area contributed by atoms with Crippen LogP contribution in [0.25, 0.3) is 0 Å². The fourth-order valence-electron chi connectivity index (χ4n) is 4.53. The van der Waals surface area contributed by atoms with Gasteiger partial charge in [-0.3, -0.25) is 0 Å². The van der Waals surface area contributed by atoms with E-state index in [0.717, 1.165) is 16.7 Å². The first kappa shape index (κ1) is 22.7.